The van der Waals surface area contributed by atoms with Crippen LogP contribution in [-0.2, 0) is 0 Å². The van der Waals surface area contributed by atoms with Gasteiger partial charge < -0.3 is 0 Å². The summed E-state index contributed by atoms with van der Waals surface area (Å²) in [5, 5.41) is 0.556. The van der Waals surface area contributed by atoms with Crippen LogP contribution in [0.3, 0.4) is 0 Å². The molecule has 0 heterocycles. The van der Waals surface area contributed by atoms with Crippen molar-refractivity contribution in [1.82, 2.24) is 0 Å². The summed E-state index contributed by atoms with van der Waals surface area (Å²) >= 11 is 6.07. The maximum absolute atomic E-state index is 6.07. The van der Waals surface area contributed by atoms with E-state index in [1.165, 1.54) is 0 Å². The largest absolute Gasteiger partial charge is 0.0843 e. The molecular formula is C16H13Cl. The van der Waals surface area contributed by atoms with Gasteiger partial charge >= 0.3 is 0 Å². The van der Waals surface area contributed by atoms with Crippen molar-refractivity contribution >= 4 is 23.3 Å². The fraction of sp³-hybridized carbons (Fsp3) is 0. The van der Waals surface area contributed by atoms with E-state index in [1.54, 1.807) is 0 Å². The number of hydrogen-bond acceptors (Lipinski definition) is 0. The zero-order chi connectivity index (χ0) is 12.1. The predicted molar refractivity (Wildman–Crippen MR) is 75.7 cm³/mol. The molecule has 0 aromatic heterocycles. The molecule has 0 nitrogen and oxygen atoms in total. The minimum Gasteiger partial charge on any atom is -0.0843 e. The standard InChI is InChI=1S/C16H13Cl/c1-13(17)16(15-10-6-3-7-11-15)12-14-8-4-2-5-9-14/h2-12H,1H2. The molecule has 0 atom stereocenters. The average Bonchev–Trinajstić information content (AvgIpc) is 2.38. The molecule has 0 spiro atoms. The van der Waals surface area contributed by atoms with Crippen LogP contribution in [0, 0.1) is 0 Å². The van der Waals surface area contributed by atoms with Gasteiger partial charge in [0.25, 0.3) is 0 Å². The third kappa shape index (κ3) is 3.08. The molecule has 0 fully saturated rings. The first-order valence-electron chi connectivity index (χ1n) is 5.44. The molecular weight excluding hydrogens is 228 g/mol. The maximum atomic E-state index is 6.07. The molecule has 0 aliphatic rings. The number of halogens is 1. The molecule has 17 heavy (non-hydrogen) atoms. The first-order valence-corrected chi connectivity index (χ1v) is 5.82. The second-order valence-electron chi connectivity index (χ2n) is 3.74. The highest BCUT2D eigenvalue weighted by Gasteiger charge is 2.03. The fourth-order valence-corrected chi connectivity index (χ4v) is 1.82. The van der Waals surface area contributed by atoms with E-state index in [0.717, 1.165) is 16.7 Å². The van der Waals surface area contributed by atoms with Crippen LogP contribution < -0.4 is 0 Å². The van der Waals surface area contributed by atoms with Crippen LogP contribution in [0.5, 0.6) is 0 Å². The molecule has 2 rings (SSSR count). The molecule has 0 saturated heterocycles. The fourth-order valence-electron chi connectivity index (χ4n) is 1.65. The molecule has 0 bridgehead atoms. The van der Waals surface area contributed by atoms with E-state index in [0.29, 0.717) is 5.03 Å². The van der Waals surface area contributed by atoms with Crippen LogP contribution in [0.15, 0.2) is 72.3 Å². The van der Waals surface area contributed by atoms with Gasteiger partial charge in [0.05, 0.1) is 0 Å². The summed E-state index contributed by atoms with van der Waals surface area (Å²) in [4.78, 5) is 0. The smallest absolute Gasteiger partial charge is 0.0412 e. The molecule has 2 aromatic carbocycles. The Morgan fingerprint density at radius 2 is 1.41 bits per heavy atom. The van der Waals surface area contributed by atoms with E-state index in [2.05, 4.69) is 6.58 Å². The number of rotatable bonds is 3. The van der Waals surface area contributed by atoms with Gasteiger partial charge in [-0.15, -0.1) is 0 Å². The molecule has 0 aliphatic heterocycles. The Balaban J connectivity index is 2.44. The Morgan fingerprint density at radius 3 is 1.94 bits per heavy atom. The summed E-state index contributed by atoms with van der Waals surface area (Å²) in [6.07, 6.45) is 2.05. The third-order valence-corrected chi connectivity index (χ3v) is 2.69. The van der Waals surface area contributed by atoms with Crippen molar-refractivity contribution in [3.63, 3.8) is 0 Å². The monoisotopic (exact) mass is 240 g/mol. The van der Waals surface area contributed by atoms with Crippen molar-refractivity contribution in [2.45, 2.75) is 0 Å². The highest BCUT2D eigenvalue weighted by Crippen LogP contribution is 2.26. The molecule has 0 amide bonds. The van der Waals surface area contributed by atoms with E-state index in [1.807, 2.05) is 66.7 Å². The van der Waals surface area contributed by atoms with Crippen LogP contribution in [0.25, 0.3) is 11.6 Å². The molecule has 2 aromatic rings. The highest BCUT2D eigenvalue weighted by atomic mass is 35.5. The van der Waals surface area contributed by atoms with E-state index in [-0.39, 0.29) is 0 Å². The summed E-state index contributed by atoms with van der Waals surface area (Å²) in [6.45, 7) is 3.83. The topological polar surface area (TPSA) is 0 Å². The number of hydrogen-bond donors (Lipinski definition) is 0. The van der Waals surface area contributed by atoms with E-state index >= 15 is 0 Å². The second kappa shape index (κ2) is 5.51. The summed E-state index contributed by atoms with van der Waals surface area (Å²) in [7, 11) is 0. The van der Waals surface area contributed by atoms with Crippen LogP contribution >= 0.6 is 11.6 Å². The van der Waals surface area contributed by atoms with Gasteiger partial charge in [0, 0.05) is 10.6 Å². The average molecular weight is 241 g/mol. The second-order valence-corrected chi connectivity index (χ2v) is 4.20. The van der Waals surface area contributed by atoms with Crippen molar-refractivity contribution in [2.24, 2.45) is 0 Å². The lowest BCUT2D eigenvalue weighted by atomic mass is 10.0. The Hall–Kier alpha value is -1.79. The van der Waals surface area contributed by atoms with E-state index < -0.39 is 0 Å². The summed E-state index contributed by atoms with van der Waals surface area (Å²) in [5.41, 5.74) is 3.16. The van der Waals surface area contributed by atoms with Crippen LogP contribution in [0.2, 0.25) is 0 Å². The molecule has 0 radical (unpaired) electrons. The molecule has 84 valence electrons. The minimum absolute atomic E-state index is 0.556. The zero-order valence-corrected chi connectivity index (χ0v) is 10.2. The Bertz CT molecular complexity index is 524. The van der Waals surface area contributed by atoms with E-state index in [9.17, 15) is 0 Å². The number of allylic oxidation sites excluding steroid dienone is 2. The van der Waals surface area contributed by atoms with Gasteiger partial charge in [-0.2, -0.15) is 0 Å². The van der Waals surface area contributed by atoms with Crippen LogP contribution in [0.1, 0.15) is 11.1 Å². The van der Waals surface area contributed by atoms with Crippen molar-refractivity contribution in [2.75, 3.05) is 0 Å². The Morgan fingerprint density at radius 1 is 0.882 bits per heavy atom. The predicted octanol–water partition coefficient (Wildman–Crippen LogP) is 4.98. The SMILES string of the molecule is C=C(Cl)C(=Cc1ccccc1)c1ccccc1. The molecule has 0 unspecified atom stereocenters. The molecule has 0 saturated carbocycles. The van der Waals surface area contributed by atoms with Gasteiger partial charge in [0.1, 0.15) is 0 Å². The lowest BCUT2D eigenvalue weighted by molar-refractivity contribution is 1.61. The van der Waals surface area contributed by atoms with Gasteiger partial charge in [0.2, 0.25) is 0 Å². The summed E-state index contributed by atoms with van der Waals surface area (Å²) in [6, 6.07) is 20.1. The quantitative estimate of drug-likeness (QED) is 0.524. The molecule has 0 N–H and O–H groups in total. The maximum Gasteiger partial charge on any atom is 0.0412 e. The van der Waals surface area contributed by atoms with Gasteiger partial charge in [0.15, 0.2) is 0 Å². The normalized spacial score (nSPS) is 11.2. The van der Waals surface area contributed by atoms with Crippen molar-refractivity contribution in [1.29, 1.82) is 0 Å². The first-order chi connectivity index (χ1) is 8.27. The lowest BCUT2D eigenvalue weighted by Gasteiger charge is -2.06. The van der Waals surface area contributed by atoms with Crippen LogP contribution in [-0.4, -0.2) is 0 Å². The van der Waals surface area contributed by atoms with Gasteiger partial charge in [-0.3, -0.25) is 0 Å². The van der Waals surface area contributed by atoms with Crippen molar-refractivity contribution in [3.05, 3.63) is 83.4 Å². The Labute approximate surface area is 107 Å². The molecule has 1 heteroatoms. The first kappa shape index (κ1) is 11.7. The minimum atomic E-state index is 0.556. The number of benzene rings is 2. The third-order valence-electron chi connectivity index (χ3n) is 2.49. The Kier molecular flexibility index (Phi) is 3.79. The molecule has 0 aliphatic carbocycles. The van der Waals surface area contributed by atoms with Crippen LogP contribution in [0.4, 0.5) is 0 Å². The van der Waals surface area contributed by atoms with E-state index in [4.69, 9.17) is 11.6 Å². The van der Waals surface area contributed by atoms with Gasteiger partial charge in [-0.1, -0.05) is 78.8 Å². The highest BCUT2D eigenvalue weighted by molar-refractivity contribution is 6.37. The van der Waals surface area contributed by atoms with Crippen molar-refractivity contribution < 1.29 is 0 Å². The summed E-state index contributed by atoms with van der Waals surface area (Å²) < 4.78 is 0. The summed E-state index contributed by atoms with van der Waals surface area (Å²) in [5.74, 6) is 0. The van der Waals surface area contributed by atoms with Gasteiger partial charge in [-0.25, -0.2) is 0 Å². The lowest BCUT2D eigenvalue weighted by Crippen LogP contribution is -1.83. The van der Waals surface area contributed by atoms with Crippen molar-refractivity contribution in [3.8, 4) is 0 Å². The zero-order valence-electron chi connectivity index (χ0n) is 9.44. The van der Waals surface area contributed by atoms with Gasteiger partial charge in [-0.05, 0) is 17.2 Å².